The van der Waals surface area contributed by atoms with Crippen molar-refractivity contribution in [1.29, 1.82) is 0 Å². The standard InChI is InChI=1S/C15H20N2O6/c1-15(2,3)23-14(21)16-8-11(18)17-10-7-5-6-9(12(10)19)13(20)22-4/h5-7,19H,8H2,1-4H3,(H,16,21)(H,17,18). The number of methoxy groups -OCH3 is 1. The Morgan fingerprint density at radius 3 is 2.43 bits per heavy atom. The average molecular weight is 324 g/mol. The van der Waals surface area contributed by atoms with Crippen LogP contribution in [0.3, 0.4) is 0 Å². The quantitative estimate of drug-likeness (QED) is 0.573. The van der Waals surface area contributed by atoms with Crippen LogP contribution in [0.2, 0.25) is 0 Å². The Bertz CT molecular complexity index is 606. The predicted octanol–water partition coefficient (Wildman–Crippen LogP) is 1.64. The second-order valence-electron chi connectivity index (χ2n) is 5.60. The third kappa shape index (κ3) is 5.85. The van der Waals surface area contributed by atoms with Crippen LogP contribution in [0.5, 0.6) is 5.75 Å². The molecule has 1 aromatic carbocycles. The lowest BCUT2D eigenvalue weighted by Gasteiger charge is -2.19. The highest BCUT2D eigenvalue weighted by molar-refractivity contribution is 5.99. The minimum absolute atomic E-state index is 0.0314. The monoisotopic (exact) mass is 324 g/mol. The fourth-order valence-electron chi connectivity index (χ4n) is 1.58. The Morgan fingerprint density at radius 1 is 1.22 bits per heavy atom. The van der Waals surface area contributed by atoms with Gasteiger partial charge < -0.3 is 25.2 Å². The normalized spacial score (nSPS) is 10.6. The van der Waals surface area contributed by atoms with E-state index in [1.807, 2.05) is 0 Å². The molecule has 2 amide bonds. The van der Waals surface area contributed by atoms with Gasteiger partial charge in [-0.15, -0.1) is 0 Å². The molecule has 0 unspecified atom stereocenters. The van der Waals surface area contributed by atoms with Gasteiger partial charge in [-0.05, 0) is 32.9 Å². The highest BCUT2D eigenvalue weighted by Gasteiger charge is 2.18. The lowest BCUT2D eigenvalue weighted by Crippen LogP contribution is -2.37. The van der Waals surface area contributed by atoms with Crippen LogP contribution in [0.15, 0.2) is 18.2 Å². The fraction of sp³-hybridized carbons (Fsp3) is 0.400. The Kier molecular flexibility index (Phi) is 5.94. The van der Waals surface area contributed by atoms with Crippen LogP contribution < -0.4 is 10.6 Å². The van der Waals surface area contributed by atoms with Crippen LogP contribution in [0, 0.1) is 0 Å². The molecule has 0 aromatic heterocycles. The highest BCUT2D eigenvalue weighted by Crippen LogP contribution is 2.27. The molecule has 23 heavy (non-hydrogen) atoms. The van der Waals surface area contributed by atoms with E-state index in [9.17, 15) is 19.5 Å². The summed E-state index contributed by atoms with van der Waals surface area (Å²) in [6, 6.07) is 4.24. The third-order valence-electron chi connectivity index (χ3n) is 2.51. The topological polar surface area (TPSA) is 114 Å². The molecule has 0 atom stereocenters. The van der Waals surface area contributed by atoms with Crippen molar-refractivity contribution in [2.24, 2.45) is 0 Å². The van der Waals surface area contributed by atoms with Gasteiger partial charge in [-0.25, -0.2) is 9.59 Å². The van der Waals surface area contributed by atoms with E-state index >= 15 is 0 Å². The van der Waals surface area contributed by atoms with Crippen LogP contribution >= 0.6 is 0 Å². The molecule has 0 aliphatic rings. The molecular formula is C15H20N2O6. The van der Waals surface area contributed by atoms with Crippen molar-refractivity contribution in [2.45, 2.75) is 26.4 Å². The molecule has 8 nitrogen and oxygen atoms in total. The minimum atomic E-state index is -0.736. The third-order valence-corrected chi connectivity index (χ3v) is 2.51. The summed E-state index contributed by atoms with van der Waals surface area (Å²) in [5.74, 6) is -1.73. The molecule has 0 spiro atoms. The number of alkyl carbamates (subject to hydrolysis) is 1. The molecule has 126 valence electrons. The van der Waals surface area contributed by atoms with E-state index in [1.165, 1.54) is 25.3 Å². The summed E-state index contributed by atoms with van der Waals surface area (Å²) >= 11 is 0. The number of phenols is 1. The van der Waals surface area contributed by atoms with Crippen LogP contribution in [0.4, 0.5) is 10.5 Å². The van der Waals surface area contributed by atoms with Crippen molar-refractivity contribution in [3.63, 3.8) is 0 Å². The maximum Gasteiger partial charge on any atom is 0.408 e. The van der Waals surface area contributed by atoms with Crippen molar-refractivity contribution in [1.82, 2.24) is 5.32 Å². The summed E-state index contributed by atoms with van der Waals surface area (Å²) in [7, 11) is 1.18. The van der Waals surface area contributed by atoms with Gasteiger partial charge in [0.2, 0.25) is 5.91 Å². The Morgan fingerprint density at radius 2 is 1.87 bits per heavy atom. The maximum absolute atomic E-state index is 11.8. The van der Waals surface area contributed by atoms with E-state index in [2.05, 4.69) is 15.4 Å². The number of phenolic OH excluding ortho intramolecular Hbond substituents is 1. The van der Waals surface area contributed by atoms with E-state index in [0.717, 1.165) is 0 Å². The van der Waals surface area contributed by atoms with Crippen molar-refractivity contribution in [3.05, 3.63) is 23.8 Å². The van der Waals surface area contributed by atoms with Gasteiger partial charge in [0.15, 0.2) is 5.75 Å². The van der Waals surface area contributed by atoms with Gasteiger partial charge in [-0.3, -0.25) is 4.79 Å². The number of para-hydroxylation sites is 1. The second-order valence-corrected chi connectivity index (χ2v) is 5.60. The number of hydrogen-bond acceptors (Lipinski definition) is 6. The van der Waals surface area contributed by atoms with Crippen LogP contribution in [0.1, 0.15) is 31.1 Å². The molecule has 1 aromatic rings. The summed E-state index contributed by atoms with van der Waals surface area (Å²) in [6.07, 6.45) is -0.736. The highest BCUT2D eigenvalue weighted by atomic mass is 16.6. The zero-order chi connectivity index (χ0) is 17.6. The lowest BCUT2D eigenvalue weighted by atomic mass is 10.1. The average Bonchev–Trinajstić information content (AvgIpc) is 2.45. The fourth-order valence-corrected chi connectivity index (χ4v) is 1.58. The smallest absolute Gasteiger partial charge is 0.408 e. The summed E-state index contributed by atoms with van der Waals surface area (Å²) in [6.45, 7) is 4.74. The van der Waals surface area contributed by atoms with Crippen molar-refractivity contribution < 1.29 is 29.0 Å². The van der Waals surface area contributed by atoms with E-state index in [4.69, 9.17) is 4.74 Å². The molecule has 0 aliphatic heterocycles. The van der Waals surface area contributed by atoms with Gasteiger partial charge in [0, 0.05) is 0 Å². The Hall–Kier alpha value is -2.77. The number of aromatic hydroxyl groups is 1. The van der Waals surface area contributed by atoms with Crippen molar-refractivity contribution >= 4 is 23.7 Å². The van der Waals surface area contributed by atoms with Crippen molar-refractivity contribution in [2.75, 3.05) is 19.0 Å². The zero-order valence-corrected chi connectivity index (χ0v) is 13.4. The summed E-state index contributed by atoms with van der Waals surface area (Å²) in [5, 5.41) is 14.6. The minimum Gasteiger partial charge on any atom is -0.505 e. The van der Waals surface area contributed by atoms with Gasteiger partial charge in [0.05, 0.1) is 12.8 Å². The number of ether oxygens (including phenoxy) is 2. The maximum atomic E-state index is 11.8. The molecule has 8 heteroatoms. The SMILES string of the molecule is COC(=O)c1cccc(NC(=O)CNC(=O)OC(C)(C)C)c1O. The molecule has 0 bridgehead atoms. The molecule has 1 rings (SSSR count). The first-order valence-electron chi connectivity index (χ1n) is 6.81. The number of esters is 1. The number of nitrogens with one attached hydrogen (secondary N) is 2. The predicted molar refractivity (Wildman–Crippen MR) is 82.3 cm³/mol. The molecule has 0 saturated heterocycles. The second kappa shape index (κ2) is 7.48. The molecule has 0 heterocycles. The number of benzene rings is 1. The number of hydrogen-bond donors (Lipinski definition) is 3. The van der Waals surface area contributed by atoms with Gasteiger partial charge in [-0.1, -0.05) is 6.07 Å². The molecule has 0 saturated carbocycles. The van der Waals surface area contributed by atoms with Gasteiger partial charge in [0.1, 0.15) is 17.7 Å². The first kappa shape index (κ1) is 18.3. The number of carbonyl (C=O) groups is 3. The molecule has 0 radical (unpaired) electrons. The van der Waals surface area contributed by atoms with Gasteiger partial charge >= 0.3 is 12.1 Å². The number of amides is 2. The number of anilines is 1. The van der Waals surface area contributed by atoms with Crippen molar-refractivity contribution in [3.8, 4) is 5.75 Å². The van der Waals surface area contributed by atoms with Gasteiger partial charge in [0.25, 0.3) is 0 Å². The number of rotatable bonds is 4. The summed E-state index contributed by atoms with van der Waals surface area (Å²) < 4.78 is 9.50. The van der Waals surface area contributed by atoms with Crippen LogP contribution in [0.25, 0.3) is 0 Å². The zero-order valence-electron chi connectivity index (χ0n) is 13.4. The van der Waals surface area contributed by atoms with Crippen LogP contribution in [-0.2, 0) is 14.3 Å². The van der Waals surface area contributed by atoms with E-state index < -0.39 is 29.3 Å². The van der Waals surface area contributed by atoms with E-state index in [-0.39, 0.29) is 17.8 Å². The van der Waals surface area contributed by atoms with E-state index in [0.29, 0.717) is 0 Å². The first-order chi connectivity index (χ1) is 10.6. The first-order valence-corrected chi connectivity index (χ1v) is 6.81. The molecular weight excluding hydrogens is 304 g/mol. The summed E-state index contributed by atoms with van der Waals surface area (Å²) in [4.78, 5) is 34.7. The molecule has 0 aliphatic carbocycles. The van der Waals surface area contributed by atoms with Gasteiger partial charge in [-0.2, -0.15) is 0 Å². The Balaban J connectivity index is 2.65. The molecule has 3 N–H and O–H groups in total. The summed E-state index contributed by atoms with van der Waals surface area (Å²) in [5.41, 5.74) is -0.720. The molecule has 0 fully saturated rings. The lowest BCUT2D eigenvalue weighted by molar-refractivity contribution is -0.115. The van der Waals surface area contributed by atoms with E-state index in [1.54, 1.807) is 20.8 Å². The number of carbonyl (C=O) groups excluding carboxylic acids is 3. The van der Waals surface area contributed by atoms with Crippen LogP contribution in [-0.4, -0.2) is 42.3 Å². The largest absolute Gasteiger partial charge is 0.505 e. The Labute approximate surface area is 133 Å².